The molecule has 0 spiro atoms. The summed E-state index contributed by atoms with van der Waals surface area (Å²) in [6, 6.07) is 10.9. The van der Waals surface area contributed by atoms with Gasteiger partial charge in [0.2, 0.25) is 0 Å². The Morgan fingerprint density at radius 1 is 1.25 bits per heavy atom. The fourth-order valence-corrected chi connectivity index (χ4v) is 2.49. The van der Waals surface area contributed by atoms with Gasteiger partial charge in [-0.15, -0.1) is 11.8 Å². The van der Waals surface area contributed by atoms with Gasteiger partial charge in [0, 0.05) is 29.7 Å². The zero-order valence-electron chi connectivity index (χ0n) is 13.4. The van der Waals surface area contributed by atoms with Crippen molar-refractivity contribution in [3.63, 3.8) is 0 Å². The van der Waals surface area contributed by atoms with E-state index in [1.807, 2.05) is 30.5 Å². The molecule has 0 aliphatic carbocycles. The van der Waals surface area contributed by atoms with Gasteiger partial charge in [-0.05, 0) is 36.1 Å². The Hall–Kier alpha value is -2.05. The van der Waals surface area contributed by atoms with Crippen LogP contribution in [0.2, 0.25) is 5.02 Å². The normalized spacial score (nSPS) is 10.3. The third-order valence-electron chi connectivity index (χ3n) is 3.26. The van der Waals surface area contributed by atoms with Crippen LogP contribution in [0.3, 0.4) is 0 Å². The van der Waals surface area contributed by atoms with E-state index in [1.54, 1.807) is 24.9 Å². The van der Waals surface area contributed by atoms with Crippen LogP contribution in [0.15, 0.2) is 47.5 Å². The number of ether oxygens (including phenoxy) is 1. The number of halogens is 1. The maximum atomic E-state index is 12.1. The maximum absolute atomic E-state index is 12.1. The number of esters is 1. The molecule has 1 heterocycles. The lowest BCUT2D eigenvalue weighted by Crippen LogP contribution is -2.30. The third-order valence-corrected chi connectivity index (χ3v) is 4.24. The number of hydrogen-bond acceptors (Lipinski definition) is 5. The Kier molecular flexibility index (Phi) is 6.63. The van der Waals surface area contributed by atoms with E-state index in [0.717, 1.165) is 10.5 Å². The molecule has 2 aromatic rings. The van der Waals surface area contributed by atoms with Gasteiger partial charge in [0.1, 0.15) is 5.69 Å². The van der Waals surface area contributed by atoms with Gasteiger partial charge in [0.25, 0.3) is 5.91 Å². The molecule has 0 N–H and O–H groups in total. The highest BCUT2D eigenvalue weighted by Crippen LogP contribution is 2.15. The van der Waals surface area contributed by atoms with E-state index in [2.05, 4.69) is 4.98 Å². The van der Waals surface area contributed by atoms with Gasteiger partial charge in [-0.2, -0.15) is 0 Å². The van der Waals surface area contributed by atoms with Crippen molar-refractivity contribution >= 4 is 35.2 Å². The number of rotatable bonds is 6. The van der Waals surface area contributed by atoms with Gasteiger partial charge in [0.15, 0.2) is 6.61 Å². The molecule has 2 rings (SSSR count). The van der Waals surface area contributed by atoms with Gasteiger partial charge >= 0.3 is 5.97 Å². The topological polar surface area (TPSA) is 59.5 Å². The standard InChI is InChI=1S/C17H17ClN2O3S/c1-20(10-12-3-5-14(24-2)6-4-12)16(21)11-23-17(22)15-9-13(18)7-8-19-15/h3-9H,10-11H2,1-2H3. The summed E-state index contributed by atoms with van der Waals surface area (Å²) in [5.74, 6) is -0.970. The predicted molar refractivity (Wildman–Crippen MR) is 94.2 cm³/mol. The summed E-state index contributed by atoms with van der Waals surface area (Å²) in [4.78, 5) is 30.4. The van der Waals surface area contributed by atoms with Crippen LogP contribution in [0, 0.1) is 0 Å². The molecular weight excluding hydrogens is 348 g/mol. The van der Waals surface area contributed by atoms with E-state index in [9.17, 15) is 9.59 Å². The summed E-state index contributed by atoms with van der Waals surface area (Å²) in [6.45, 7) is 0.104. The lowest BCUT2D eigenvalue weighted by atomic mass is 10.2. The number of carbonyl (C=O) groups excluding carboxylic acids is 2. The fraction of sp³-hybridized carbons (Fsp3) is 0.235. The molecule has 1 amide bonds. The Bertz CT molecular complexity index is 722. The SMILES string of the molecule is CSc1ccc(CN(C)C(=O)COC(=O)c2cc(Cl)ccn2)cc1. The number of carbonyl (C=O) groups is 2. The molecule has 126 valence electrons. The minimum absolute atomic E-state index is 0.0746. The molecule has 1 aromatic heterocycles. The minimum Gasteiger partial charge on any atom is -0.451 e. The number of amides is 1. The zero-order valence-corrected chi connectivity index (χ0v) is 14.9. The van der Waals surface area contributed by atoms with Crippen molar-refractivity contribution in [2.45, 2.75) is 11.4 Å². The Labute approximate surface area is 150 Å². The van der Waals surface area contributed by atoms with Gasteiger partial charge in [-0.25, -0.2) is 9.78 Å². The first-order valence-electron chi connectivity index (χ1n) is 7.15. The average Bonchev–Trinajstić information content (AvgIpc) is 2.60. The van der Waals surface area contributed by atoms with Gasteiger partial charge < -0.3 is 9.64 Å². The number of likely N-dealkylation sites (N-methyl/N-ethyl adjacent to an activating group) is 1. The van der Waals surface area contributed by atoms with Crippen molar-refractivity contribution in [1.29, 1.82) is 0 Å². The van der Waals surface area contributed by atoms with Gasteiger partial charge in [-0.1, -0.05) is 23.7 Å². The number of thioether (sulfide) groups is 1. The van der Waals surface area contributed by atoms with Crippen LogP contribution in [0.25, 0.3) is 0 Å². The second-order valence-electron chi connectivity index (χ2n) is 5.03. The molecule has 0 radical (unpaired) electrons. The van der Waals surface area contributed by atoms with Crippen LogP contribution in [-0.4, -0.2) is 41.7 Å². The molecule has 1 aromatic carbocycles. The van der Waals surface area contributed by atoms with E-state index in [4.69, 9.17) is 16.3 Å². The summed E-state index contributed by atoms with van der Waals surface area (Å²) >= 11 is 7.45. The summed E-state index contributed by atoms with van der Waals surface area (Å²) < 4.78 is 4.99. The Balaban J connectivity index is 1.85. The van der Waals surface area contributed by atoms with E-state index in [-0.39, 0.29) is 18.2 Å². The molecule has 0 saturated heterocycles. The van der Waals surface area contributed by atoms with E-state index >= 15 is 0 Å². The molecule has 0 bridgehead atoms. The molecule has 0 fully saturated rings. The summed E-state index contributed by atoms with van der Waals surface area (Å²) in [6.07, 6.45) is 3.42. The first-order chi connectivity index (χ1) is 11.5. The van der Waals surface area contributed by atoms with Gasteiger partial charge in [-0.3, -0.25) is 4.79 Å². The third kappa shape index (κ3) is 5.25. The number of aromatic nitrogens is 1. The summed E-state index contributed by atoms with van der Waals surface area (Å²) in [5.41, 5.74) is 1.08. The molecular formula is C17H17ClN2O3S. The highest BCUT2D eigenvalue weighted by Gasteiger charge is 2.15. The molecule has 0 atom stereocenters. The van der Waals surface area contributed by atoms with Gasteiger partial charge in [0.05, 0.1) is 0 Å². The largest absolute Gasteiger partial charge is 0.451 e. The number of pyridine rings is 1. The minimum atomic E-state index is -0.677. The Morgan fingerprint density at radius 3 is 2.58 bits per heavy atom. The summed E-state index contributed by atoms with van der Waals surface area (Å²) in [5, 5.41) is 0.383. The quantitative estimate of drug-likeness (QED) is 0.581. The van der Waals surface area contributed by atoms with Crippen molar-refractivity contribution in [1.82, 2.24) is 9.88 Å². The molecule has 0 aliphatic heterocycles. The van der Waals surface area contributed by atoms with Crippen molar-refractivity contribution in [3.8, 4) is 0 Å². The Morgan fingerprint density at radius 2 is 1.96 bits per heavy atom. The van der Waals surface area contributed by atoms with E-state index < -0.39 is 5.97 Å². The van der Waals surface area contributed by atoms with Crippen LogP contribution in [0.5, 0.6) is 0 Å². The number of benzene rings is 1. The molecule has 0 aliphatic rings. The van der Waals surface area contributed by atoms with E-state index in [0.29, 0.717) is 11.6 Å². The number of nitrogens with zero attached hydrogens (tertiary/aromatic N) is 2. The molecule has 24 heavy (non-hydrogen) atoms. The van der Waals surface area contributed by atoms with Crippen LogP contribution in [0.4, 0.5) is 0 Å². The van der Waals surface area contributed by atoms with Crippen molar-refractivity contribution < 1.29 is 14.3 Å². The van der Waals surface area contributed by atoms with Crippen molar-refractivity contribution in [2.75, 3.05) is 19.9 Å². The molecule has 0 unspecified atom stereocenters. The highest BCUT2D eigenvalue weighted by atomic mass is 35.5. The fourth-order valence-electron chi connectivity index (χ4n) is 1.92. The predicted octanol–water partition coefficient (Wildman–Crippen LogP) is 3.27. The van der Waals surface area contributed by atoms with Crippen LogP contribution >= 0.6 is 23.4 Å². The van der Waals surface area contributed by atoms with Crippen LogP contribution < -0.4 is 0 Å². The maximum Gasteiger partial charge on any atom is 0.357 e. The smallest absolute Gasteiger partial charge is 0.357 e. The zero-order chi connectivity index (χ0) is 17.5. The first-order valence-corrected chi connectivity index (χ1v) is 8.75. The average molecular weight is 365 g/mol. The first kappa shape index (κ1) is 18.3. The van der Waals surface area contributed by atoms with Crippen molar-refractivity contribution in [3.05, 3.63) is 58.9 Å². The van der Waals surface area contributed by atoms with Crippen LogP contribution in [0.1, 0.15) is 16.1 Å². The molecule has 5 nitrogen and oxygen atoms in total. The monoisotopic (exact) mass is 364 g/mol. The summed E-state index contributed by atoms with van der Waals surface area (Å²) in [7, 11) is 1.66. The highest BCUT2D eigenvalue weighted by molar-refractivity contribution is 7.98. The van der Waals surface area contributed by atoms with Crippen molar-refractivity contribution in [2.24, 2.45) is 0 Å². The second-order valence-corrected chi connectivity index (χ2v) is 6.35. The lowest BCUT2D eigenvalue weighted by Gasteiger charge is -2.17. The lowest BCUT2D eigenvalue weighted by molar-refractivity contribution is -0.133. The molecule has 7 heteroatoms. The van der Waals surface area contributed by atoms with Crippen LogP contribution in [-0.2, 0) is 16.1 Å². The second kappa shape index (κ2) is 8.70. The van der Waals surface area contributed by atoms with E-state index in [1.165, 1.54) is 17.2 Å². The number of hydrogen-bond donors (Lipinski definition) is 0. The molecule has 0 saturated carbocycles.